The highest BCUT2D eigenvalue weighted by molar-refractivity contribution is 5.27. The second-order valence-electron chi connectivity index (χ2n) is 7.67. The molecule has 0 spiro atoms. The van der Waals surface area contributed by atoms with Gasteiger partial charge in [-0.3, -0.25) is 9.80 Å². The molecule has 1 fully saturated rings. The number of ether oxygens (including phenoxy) is 1. The van der Waals surface area contributed by atoms with Crippen LogP contribution in [0.4, 0.5) is 0 Å². The molecule has 0 radical (unpaired) electrons. The van der Waals surface area contributed by atoms with Crippen molar-refractivity contribution in [3.8, 4) is 5.75 Å². The molecule has 0 saturated carbocycles. The number of piperazine rings is 1. The summed E-state index contributed by atoms with van der Waals surface area (Å²) in [6, 6.07) is 9.40. The molecule has 0 N–H and O–H groups in total. The van der Waals surface area contributed by atoms with Gasteiger partial charge in [0.15, 0.2) is 0 Å². The van der Waals surface area contributed by atoms with Gasteiger partial charge in [-0.1, -0.05) is 65.0 Å². The minimum absolute atomic E-state index is 0.672. The largest absolute Gasteiger partial charge is 0.494 e. The van der Waals surface area contributed by atoms with Crippen LogP contribution in [0.3, 0.4) is 0 Å². The predicted octanol–water partition coefficient (Wildman–Crippen LogP) is 5.98. The van der Waals surface area contributed by atoms with E-state index in [0.717, 1.165) is 18.9 Å². The molecule has 3 nitrogen and oxygen atoms in total. The van der Waals surface area contributed by atoms with Gasteiger partial charge in [0.05, 0.1) is 6.61 Å². The Balaban J connectivity index is 0.00000176. The van der Waals surface area contributed by atoms with E-state index in [4.69, 9.17) is 4.74 Å². The van der Waals surface area contributed by atoms with Crippen molar-refractivity contribution in [1.82, 2.24) is 9.80 Å². The van der Waals surface area contributed by atoms with Gasteiger partial charge in [-0.15, -0.1) is 0 Å². The average molecular weight is 377 g/mol. The van der Waals surface area contributed by atoms with E-state index in [9.17, 15) is 0 Å². The first kappa shape index (κ1) is 24.0. The van der Waals surface area contributed by atoms with E-state index in [-0.39, 0.29) is 0 Å². The number of benzene rings is 1. The minimum atomic E-state index is 0.672. The van der Waals surface area contributed by atoms with E-state index in [1.165, 1.54) is 70.3 Å². The van der Waals surface area contributed by atoms with Crippen molar-refractivity contribution in [2.24, 2.45) is 0 Å². The van der Waals surface area contributed by atoms with Crippen molar-refractivity contribution in [2.75, 3.05) is 32.8 Å². The van der Waals surface area contributed by atoms with Gasteiger partial charge in [0.25, 0.3) is 0 Å². The molecule has 156 valence electrons. The van der Waals surface area contributed by atoms with E-state index in [0.29, 0.717) is 6.04 Å². The molecule has 0 aromatic heterocycles. The van der Waals surface area contributed by atoms with Crippen molar-refractivity contribution < 1.29 is 4.74 Å². The molecule has 3 heteroatoms. The first-order valence-electron chi connectivity index (χ1n) is 11.4. The van der Waals surface area contributed by atoms with Crippen LogP contribution in [0.5, 0.6) is 5.75 Å². The van der Waals surface area contributed by atoms with Crippen LogP contribution in [0, 0.1) is 0 Å². The molecule has 1 heterocycles. The zero-order valence-corrected chi connectivity index (χ0v) is 18.7. The van der Waals surface area contributed by atoms with Crippen molar-refractivity contribution >= 4 is 0 Å². The first-order chi connectivity index (χ1) is 13.2. The number of rotatable bonds is 11. The molecule has 0 atom stereocenters. The van der Waals surface area contributed by atoms with Gasteiger partial charge >= 0.3 is 0 Å². The Labute approximate surface area is 169 Å². The standard InChI is InChI=1S/C22H38N2O.C2H6/c1-4-5-6-7-8-9-18-25-22-12-10-21(11-13-22)19-23-14-16-24(17-15-23)20(2)3;1-2/h10-13,20H,4-9,14-19H2,1-3H3;1-2H3. The molecule has 1 aromatic carbocycles. The summed E-state index contributed by atoms with van der Waals surface area (Å²) < 4.78 is 5.88. The van der Waals surface area contributed by atoms with Crippen LogP contribution >= 0.6 is 0 Å². The third-order valence-electron chi connectivity index (χ3n) is 5.23. The number of unbranched alkanes of at least 4 members (excludes halogenated alkanes) is 5. The van der Waals surface area contributed by atoms with Gasteiger partial charge in [0.2, 0.25) is 0 Å². The summed E-state index contributed by atoms with van der Waals surface area (Å²) in [7, 11) is 0. The molecular weight excluding hydrogens is 332 g/mol. The lowest BCUT2D eigenvalue weighted by atomic mass is 10.1. The van der Waals surface area contributed by atoms with Crippen LogP contribution in [-0.4, -0.2) is 48.6 Å². The van der Waals surface area contributed by atoms with E-state index in [2.05, 4.69) is 54.8 Å². The molecule has 1 aliphatic heterocycles. The lowest BCUT2D eigenvalue weighted by Crippen LogP contribution is -2.48. The van der Waals surface area contributed by atoms with Crippen LogP contribution in [-0.2, 0) is 6.54 Å². The topological polar surface area (TPSA) is 15.7 Å². The Kier molecular flexibility index (Phi) is 13.3. The molecular formula is C24H44N2O. The van der Waals surface area contributed by atoms with Crippen LogP contribution in [0.15, 0.2) is 24.3 Å². The van der Waals surface area contributed by atoms with Gasteiger partial charge in [0.1, 0.15) is 5.75 Å². The van der Waals surface area contributed by atoms with Crippen LogP contribution in [0.2, 0.25) is 0 Å². The van der Waals surface area contributed by atoms with Crippen molar-refractivity contribution in [2.45, 2.75) is 85.7 Å². The lowest BCUT2D eigenvalue weighted by Gasteiger charge is -2.36. The highest BCUT2D eigenvalue weighted by Crippen LogP contribution is 2.16. The Morgan fingerprint density at radius 2 is 1.44 bits per heavy atom. The van der Waals surface area contributed by atoms with Crippen LogP contribution in [0.1, 0.15) is 78.7 Å². The summed E-state index contributed by atoms with van der Waals surface area (Å²) in [6.45, 7) is 17.5. The van der Waals surface area contributed by atoms with Gasteiger partial charge < -0.3 is 4.74 Å². The maximum Gasteiger partial charge on any atom is 0.119 e. The second-order valence-corrected chi connectivity index (χ2v) is 7.67. The summed E-state index contributed by atoms with van der Waals surface area (Å²) in [5.41, 5.74) is 1.39. The maximum absolute atomic E-state index is 5.88. The SMILES string of the molecule is CC.CCCCCCCCOc1ccc(CN2CCN(C(C)C)CC2)cc1. The van der Waals surface area contributed by atoms with Crippen molar-refractivity contribution in [3.05, 3.63) is 29.8 Å². The smallest absolute Gasteiger partial charge is 0.119 e. The first-order valence-corrected chi connectivity index (χ1v) is 11.4. The number of hydrogen-bond donors (Lipinski definition) is 0. The predicted molar refractivity (Wildman–Crippen MR) is 119 cm³/mol. The van der Waals surface area contributed by atoms with E-state index < -0.39 is 0 Å². The summed E-state index contributed by atoms with van der Waals surface area (Å²) in [5, 5.41) is 0. The molecule has 27 heavy (non-hydrogen) atoms. The van der Waals surface area contributed by atoms with Gasteiger partial charge in [-0.2, -0.15) is 0 Å². The molecule has 1 aromatic rings. The molecule has 0 unspecified atom stereocenters. The number of hydrogen-bond acceptors (Lipinski definition) is 3. The normalized spacial score (nSPS) is 15.5. The summed E-state index contributed by atoms with van der Waals surface area (Å²) in [4.78, 5) is 5.13. The van der Waals surface area contributed by atoms with Crippen LogP contribution in [0.25, 0.3) is 0 Å². The fourth-order valence-corrected chi connectivity index (χ4v) is 3.46. The van der Waals surface area contributed by atoms with E-state index >= 15 is 0 Å². The highest BCUT2D eigenvalue weighted by atomic mass is 16.5. The van der Waals surface area contributed by atoms with Crippen LogP contribution < -0.4 is 4.74 Å². The summed E-state index contributed by atoms with van der Waals surface area (Å²) in [5.74, 6) is 1.02. The quantitative estimate of drug-likeness (QED) is 0.442. The monoisotopic (exact) mass is 376 g/mol. The van der Waals surface area contributed by atoms with E-state index in [1.807, 2.05) is 13.8 Å². The van der Waals surface area contributed by atoms with Crippen molar-refractivity contribution in [3.63, 3.8) is 0 Å². The Morgan fingerprint density at radius 3 is 2.04 bits per heavy atom. The zero-order chi connectivity index (χ0) is 19.9. The second kappa shape index (κ2) is 14.9. The van der Waals surface area contributed by atoms with E-state index in [1.54, 1.807) is 0 Å². The molecule has 0 bridgehead atoms. The average Bonchev–Trinajstić information content (AvgIpc) is 2.70. The molecule has 0 aliphatic carbocycles. The third-order valence-corrected chi connectivity index (χ3v) is 5.23. The third kappa shape index (κ3) is 10.2. The van der Waals surface area contributed by atoms with Crippen molar-refractivity contribution in [1.29, 1.82) is 0 Å². The maximum atomic E-state index is 5.88. The number of nitrogens with zero attached hydrogens (tertiary/aromatic N) is 2. The van der Waals surface area contributed by atoms with Gasteiger partial charge in [0, 0.05) is 38.8 Å². The summed E-state index contributed by atoms with van der Waals surface area (Å²) >= 11 is 0. The highest BCUT2D eigenvalue weighted by Gasteiger charge is 2.18. The Morgan fingerprint density at radius 1 is 0.852 bits per heavy atom. The van der Waals surface area contributed by atoms with Gasteiger partial charge in [-0.05, 0) is 38.0 Å². The summed E-state index contributed by atoms with van der Waals surface area (Å²) in [6.07, 6.45) is 7.87. The fraction of sp³-hybridized carbons (Fsp3) is 0.750. The molecule has 0 amide bonds. The molecule has 1 saturated heterocycles. The molecule has 1 aliphatic rings. The lowest BCUT2D eigenvalue weighted by molar-refractivity contribution is 0.104. The van der Waals surface area contributed by atoms with Gasteiger partial charge in [-0.25, -0.2) is 0 Å². The Bertz CT molecular complexity index is 450. The molecule has 2 rings (SSSR count). The Hall–Kier alpha value is -1.06. The fourth-order valence-electron chi connectivity index (χ4n) is 3.46. The minimum Gasteiger partial charge on any atom is -0.494 e. The zero-order valence-electron chi connectivity index (χ0n) is 18.7.